The quantitative estimate of drug-likeness (QED) is 0.622. The average molecular weight is 194 g/mol. The zero-order valence-electron chi connectivity index (χ0n) is 8.39. The fraction of sp³-hybridized carbons (Fsp3) is 0.0769. The van der Waals surface area contributed by atoms with Gasteiger partial charge in [0, 0.05) is 0 Å². The van der Waals surface area contributed by atoms with Gasteiger partial charge < -0.3 is 4.65 Å². The van der Waals surface area contributed by atoms with Crippen molar-refractivity contribution in [2.24, 2.45) is 0 Å². The predicted molar refractivity (Wildman–Crippen MR) is 62.7 cm³/mol. The maximum Gasteiger partial charge on any atom is 0.362 e. The van der Waals surface area contributed by atoms with E-state index in [0.717, 1.165) is 6.61 Å². The van der Waals surface area contributed by atoms with Crippen LogP contribution in [0.5, 0.6) is 0 Å². The van der Waals surface area contributed by atoms with Crippen molar-refractivity contribution < 1.29 is 4.65 Å². The second-order valence-corrected chi connectivity index (χ2v) is 3.80. The second kappa shape index (κ2) is 3.56. The van der Waals surface area contributed by atoms with E-state index in [-0.39, 0.29) is 6.92 Å². The third kappa shape index (κ3) is 1.47. The monoisotopic (exact) mass is 194 g/mol. The molecule has 0 amide bonds. The lowest BCUT2D eigenvalue weighted by atomic mass is 9.56. The van der Waals surface area contributed by atoms with Gasteiger partial charge >= 0.3 is 6.92 Å². The molecule has 2 aromatic carbocycles. The van der Waals surface area contributed by atoms with Gasteiger partial charge in [-0.3, -0.25) is 0 Å². The Morgan fingerprint density at radius 1 is 0.867 bits per heavy atom. The Morgan fingerprint density at radius 2 is 1.60 bits per heavy atom. The first-order valence-corrected chi connectivity index (χ1v) is 5.19. The van der Waals surface area contributed by atoms with Crippen molar-refractivity contribution in [2.45, 2.75) is 6.61 Å². The molecule has 0 atom stereocenters. The molecule has 1 aliphatic heterocycles. The van der Waals surface area contributed by atoms with Gasteiger partial charge in [0.1, 0.15) is 0 Å². The highest BCUT2D eigenvalue weighted by molar-refractivity contribution is 6.81. The van der Waals surface area contributed by atoms with Crippen LogP contribution in [-0.4, -0.2) is 6.92 Å². The van der Waals surface area contributed by atoms with E-state index in [0.29, 0.717) is 0 Å². The summed E-state index contributed by atoms with van der Waals surface area (Å²) in [4.78, 5) is 0. The maximum atomic E-state index is 5.81. The lowest BCUT2D eigenvalue weighted by molar-refractivity contribution is 0.337. The first-order valence-electron chi connectivity index (χ1n) is 5.19. The third-order valence-corrected chi connectivity index (χ3v) is 2.85. The van der Waals surface area contributed by atoms with Gasteiger partial charge in [0.25, 0.3) is 0 Å². The van der Waals surface area contributed by atoms with E-state index < -0.39 is 0 Å². The Balaban J connectivity index is 2.05. The number of hydrogen-bond acceptors (Lipinski definition) is 1. The largest absolute Gasteiger partial charge is 0.423 e. The standard InChI is InChI=1S/C13H11BO/c1-2-7-12(8-3-1)14-13-9-5-4-6-11(13)10-15-14/h1-9H,10H2. The summed E-state index contributed by atoms with van der Waals surface area (Å²) in [6.45, 7) is 0.859. The minimum absolute atomic E-state index is 0.127. The van der Waals surface area contributed by atoms with E-state index in [1.54, 1.807) is 0 Å². The van der Waals surface area contributed by atoms with Crippen molar-refractivity contribution in [1.82, 2.24) is 0 Å². The van der Waals surface area contributed by atoms with Crippen LogP contribution < -0.4 is 10.9 Å². The second-order valence-electron chi connectivity index (χ2n) is 3.80. The van der Waals surface area contributed by atoms with Crippen LogP contribution in [0.15, 0.2) is 54.6 Å². The van der Waals surface area contributed by atoms with Crippen LogP contribution in [0, 0.1) is 0 Å². The predicted octanol–water partition coefficient (Wildman–Crippen LogP) is 1.32. The fourth-order valence-electron chi connectivity index (χ4n) is 2.09. The van der Waals surface area contributed by atoms with E-state index in [4.69, 9.17) is 4.65 Å². The molecular weight excluding hydrogens is 183 g/mol. The maximum absolute atomic E-state index is 5.81. The van der Waals surface area contributed by atoms with Crippen molar-refractivity contribution in [3.05, 3.63) is 60.2 Å². The van der Waals surface area contributed by atoms with Crippen molar-refractivity contribution >= 4 is 17.8 Å². The minimum atomic E-state index is 0.127. The molecule has 0 spiro atoms. The zero-order valence-corrected chi connectivity index (χ0v) is 8.39. The SMILES string of the molecule is c1ccc(B2OCc3ccccc32)cc1. The molecule has 0 radical (unpaired) electrons. The van der Waals surface area contributed by atoms with Crippen molar-refractivity contribution in [3.8, 4) is 0 Å². The van der Waals surface area contributed by atoms with Crippen molar-refractivity contribution in [1.29, 1.82) is 0 Å². The van der Waals surface area contributed by atoms with Gasteiger partial charge in [-0.05, 0) is 16.5 Å². The fourth-order valence-corrected chi connectivity index (χ4v) is 2.09. The van der Waals surface area contributed by atoms with Gasteiger partial charge in [-0.15, -0.1) is 0 Å². The first-order chi connectivity index (χ1) is 7.45. The molecule has 0 saturated heterocycles. The molecule has 3 rings (SSSR count). The molecule has 2 heteroatoms. The normalized spacial score (nSPS) is 14.0. The number of fused-ring (bicyclic) bond motifs is 1. The molecule has 0 aromatic heterocycles. The minimum Gasteiger partial charge on any atom is -0.423 e. The Kier molecular flexibility index (Phi) is 2.07. The Labute approximate surface area is 89.8 Å². The van der Waals surface area contributed by atoms with E-state index in [1.807, 2.05) is 6.07 Å². The van der Waals surface area contributed by atoms with Crippen LogP contribution in [0.4, 0.5) is 0 Å². The molecule has 0 saturated carbocycles. The van der Waals surface area contributed by atoms with Gasteiger partial charge in [0.2, 0.25) is 0 Å². The molecule has 0 unspecified atom stereocenters. The molecule has 2 aromatic rings. The van der Waals surface area contributed by atoms with Crippen LogP contribution in [-0.2, 0) is 11.3 Å². The molecule has 72 valence electrons. The molecule has 0 aliphatic carbocycles. The van der Waals surface area contributed by atoms with Crippen LogP contribution >= 0.6 is 0 Å². The molecule has 1 nitrogen and oxygen atoms in total. The number of rotatable bonds is 1. The average Bonchev–Trinajstić information content (AvgIpc) is 2.74. The van der Waals surface area contributed by atoms with Crippen LogP contribution in [0.3, 0.4) is 0 Å². The summed E-state index contributed by atoms with van der Waals surface area (Å²) in [7, 11) is 0. The lowest BCUT2D eigenvalue weighted by Crippen LogP contribution is -2.40. The highest BCUT2D eigenvalue weighted by Gasteiger charge is 2.28. The smallest absolute Gasteiger partial charge is 0.362 e. The summed E-state index contributed by atoms with van der Waals surface area (Å²) in [5.74, 6) is 0. The van der Waals surface area contributed by atoms with Gasteiger partial charge in [0.15, 0.2) is 0 Å². The Bertz CT molecular complexity index is 467. The van der Waals surface area contributed by atoms with Crippen molar-refractivity contribution in [2.75, 3.05) is 0 Å². The molecule has 1 aliphatic rings. The molecule has 0 N–H and O–H groups in total. The highest BCUT2D eigenvalue weighted by atomic mass is 16.4. The topological polar surface area (TPSA) is 9.23 Å². The highest BCUT2D eigenvalue weighted by Crippen LogP contribution is 2.10. The van der Waals surface area contributed by atoms with Gasteiger partial charge in [-0.2, -0.15) is 0 Å². The van der Waals surface area contributed by atoms with E-state index >= 15 is 0 Å². The summed E-state index contributed by atoms with van der Waals surface area (Å²) >= 11 is 0. The molecular formula is C13H11BO. The van der Waals surface area contributed by atoms with Gasteiger partial charge in [0.05, 0.1) is 6.61 Å². The molecule has 15 heavy (non-hydrogen) atoms. The summed E-state index contributed by atoms with van der Waals surface area (Å²) < 4.78 is 5.81. The van der Waals surface area contributed by atoms with E-state index in [1.165, 1.54) is 16.5 Å². The van der Waals surface area contributed by atoms with Gasteiger partial charge in [-0.1, -0.05) is 54.6 Å². The van der Waals surface area contributed by atoms with E-state index in [2.05, 4.69) is 48.5 Å². The molecule has 0 bridgehead atoms. The number of hydrogen-bond donors (Lipinski definition) is 0. The molecule has 1 heterocycles. The van der Waals surface area contributed by atoms with Crippen LogP contribution in [0.1, 0.15) is 5.56 Å². The third-order valence-electron chi connectivity index (χ3n) is 2.85. The Morgan fingerprint density at radius 3 is 2.47 bits per heavy atom. The van der Waals surface area contributed by atoms with Crippen molar-refractivity contribution in [3.63, 3.8) is 0 Å². The van der Waals surface area contributed by atoms with Crippen LogP contribution in [0.25, 0.3) is 0 Å². The van der Waals surface area contributed by atoms with E-state index in [9.17, 15) is 0 Å². The van der Waals surface area contributed by atoms with Crippen LogP contribution in [0.2, 0.25) is 0 Å². The summed E-state index contributed by atoms with van der Waals surface area (Å²) in [5.41, 5.74) is 3.86. The zero-order chi connectivity index (χ0) is 10.1. The van der Waals surface area contributed by atoms with Gasteiger partial charge in [-0.25, -0.2) is 0 Å². The summed E-state index contributed by atoms with van der Waals surface area (Å²) in [5, 5.41) is 0. The summed E-state index contributed by atoms with van der Waals surface area (Å²) in [6, 6.07) is 18.8. The first kappa shape index (κ1) is 8.75. The molecule has 0 fully saturated rings. The summed E-state index contributed by atoms with van der Waals surface area (Å²) in [6.07, 6.45) is 0. The lowest BCUT2D eigenvalue weighted by Gasteiger charge is -2.06. The Hall–Kier alpha value is -1.54. The number of benzene rings is 2.